The van der Waals surface area contributed by atoms with Gasteiger partial charge in [0.25, 0.3) is 0 Å². The Morgan fingerprint density at radius 3 is 2.75 bits per heavy atom. The zero-order valence-electron chi connectivity index (χ0n) is 7.85. The first-order chi connectivity index (χ1) is 5.66. The minimum absolute atomic E-state index is 0.136. The summed E-state index contributed by atoms with van der Waals surface area (Å²) in [6.45, 7) is 7.25. The van der Waals surface area contributed by atoms with E-state index in [1.165, 1.54) is 0 Å². The third-order valence-electron chi connectivity index (χ3n) is 1.30. The molecule has 0 rings (SSSR count). The van der Waals surface area contributed by atoms with Crippen LogP contribution >= 0.6 is 0 Å². The zero-order valence-corrected chi connectivity index (χ0v) is 7.85. The van der Waals surface area contributed by atoms with Gasteiger partial charge in [-0.2, -0.15) is 0 Å². The molecule has 70 valence electrons. The van der Waals surface area contributed by atoms with E-state index in [-0.39, 0.29) is 5.78 Å². The van der Waals surface area contributed by atoms with Crippen LogP contribution in [0.2, 0.25) is 0 Å². The fourth-order valence-corrected chi connectivity index (χ4v) is 0.794. The highest BCUT2D eigenvalue weighted by molar-refractivity contribution is 5.77. The van der Waals surface area contributed by atoms with Crippen LogP contribution in [-0.4, -0.2) is 32.6 Å². The third-order valence-corrected chi connectivity index (χ3v) is 1.30. The summed E-state index contributed by atoms with van der Waals surface area (Å²) in [7, 11) is 1.87. The molecule has 3 nitrogen and oxygen atoms in total. The monoisotopic (exact) mass is 171 g/mol. The standard InChI is InChI=1S/C9H17NO2/c1-8(6-9(2)11)7-12-5-4-10-3/h10H,1,4-7H2,2-3H3. The van der Waals surface area contributed by atoms with Gasteiger partial charge in [-0.1, -0.05) is 6.58 Å². The van der Waals surface area contributed by atoms with Crippen LogP contribution in [0.4, 0.5) is 0 Å². The molecule has 0 aliphatic rings. The number of hydrogen-bond donors (Lipinski definition) is 1. The van der Waals surface area contributed by atoms with Crippen LogP contribution < -0.4 is 5.32 Å². The first kappa shape index (κ1) is 11.3. The number of ketones is 1. The Labute approximate surface area is 73.8 Å². The number of carbonyl (C=O) groups excluding carboxylic acids is 1. The number of carbonyl (C=O) groups is 1. The van der Waals surface area contributed by atoms with Gasteiger partial charge in [0.05, 0.1) is 13.2 Å². The molecule has 0 saturated heterocycles. The Kier molecular flexibility index (Phi) is 6.61. The number of ether oxygens (including phenoxy) is 1. The second-order valence-electron chi connectivity index (χ2n) is 2.78. The van der Waals surface area contributed by atoms with Crippen LogP contribution in [0.5, 0.6) is 0 Å². The summed E-state index contributed by atoms with van der Waals surface area (Å²) in [5.41, 5.74) is 0.846. The minimum Gasteiger partial charge on any atom is -0.376 e. The molecule has 0 unspecified atom stereocenters. The van der Waals surface area contributed by atoms with E-state index in [1.54, 1.807) is 6.92 Å². The fraction of sp³-hybridized carbons (Fsp3) is 0.667. The molecule has 0 saturated carbocycles. The molecule has 1 N–H and O–H groups in total. The van der Waals surface area contributed by atoms with Crippen molar-refractivity contribution in [3.05, 3.63) is 12.2 Å². The molecule has 0 atom stereocenters. The van der Waals surface area contributed by atoms with Crippen LogP contribution in [-0.2, 0) is 9.53 Å². The van der Waals surface area contributed by atoms with Crippen molar-refractivity contribution in [2.45, 2.75) is 13.3 Å². The minimum atomic E-state index is 0.136. The van der Waals surface area contributed by atoms with Crippen molar-refractivity contribution < 1.29 is 9.53 Å². The van der Waals surface area contributed by atoms with Gasteiger partial charge in [0.15, 0.2) is 0 Å². The van der Waals surface area contributed by atoms with Crippen LogP contribution in [0, 0.1) is 0 Å². The van der Waals surface area contributed by atoms with E-state index in [2.05, 4.69) is 11.9 Å². The smallest absolute Gasteiger partial charge is 0.133 e. The van der Waals surface area contributed by atoms with E-state index in [0.29, 0.717) is 19.6 Å². The van der Waals surface area contributed by atoms with Crippen LogP contribution in [0.25, 0.3) is 0 Å². The molecule has 3 heteroatoms. The highest BCUT2D eigenvalue weighted by atomic mass is 16.5. The summed E-state index contributed by atoms with van der Waals surface area (Å²) in [4.78, 5) is 10.6. The van der Waals surface area contributed by atoms with Crippen molar-refractivity contribution in [3.63, 3.8) is 0 Å². The number of rotatable bonds is 7. The molecule has 0 aliphatic heterocycles. The average Bonchev–Trinajstić information content (AvgIpc) is 1.97. The van der Waals surface area contributed by atoms with Crippen molar-refractivity contribution in [3.8, 4) is 0 Å². The van der Waals surface area contributed by atoms with Crippen LogP contribution in [0.3, 0.4) is 0 Å². The molecule has 0 spiro atoms. The maximum Gasteiger partial charge on any atom is 0.133 e. The van der Waals surface area contributed by atoms with Crippen molar-refractivity contribution >= 4 is 5.78 Å². The van der Waals surface area contributed by atoms with Gasteiger partial charge in [0.1, 0.15) is 5.78 Å². The van der Waals surface area contributed by atoms with Gasteiger partial charge in [-0.05, 0) is 19.5 Å². The van der Waals surface area contributed by atoms with E-state index in [0.717, 1.165) is 12.1 Å². The maximum absolute atomic E-state index is 10.6. The van der Waals surface area contributed by atoms with Crippen molar-refractivity contribution in [2.75, 3.05) is 26.8 Å². The van der Waals surface area contributed by atoms with E-state index < -0.39 is 0 Å². The van der Waals surface area contributed by atoms with Gasteiger partial charge in [0.2, 0.25) is 0 Å². The second-order valence-corrected chi connectivity index (χ2v) is 2.78. The third kappa shape index (κ3) is 7.44. The van der Waals surface area contributed by atoms with E-state index in [1.807, 2.05) is 7.05 Å². The fourth-order valence-electron chi connectivity index (χ4n) is 0.794. The number of likely N-dealkylation sites (N-methyl/N-ethyl adjacent to an activating group) is 1. The molecule has 0 heterocycles. The number of hydrogen-bond acceptors (Lipinski definition) is 3. The van der Waals surface area contributed by atoms with Crippen molar-refractivity contribution in [1.29, 1.82) is 0 Å². The van der Waals surface area contributed by atoms with Gasteiger partial charge >= 0.3 is 0 Å². The number of Topliss-reactive ketones (excluding diaryl/α,β-unsaturated/α-hetero) is 1. The lowest BCUT2D eigenvalue weighted by Gasteiger charge is -2.04. The molecule has 0 aromatic carbocycles. The van der Waals surface area contributed by atoms with E-state index >= 15 is 0 Å². The van der Waals surface area contributed by atoms with Crippen LogP contribution in [0.1, 0.15) is 13.3 Å². The lowest BCUT2D eigenvalue weighted by Crippen LogP contribution is -2.15. The molecular weight excluding hydrogens is 154 g/mol. The van der Waals surface area contributed by atoms with Gasteiger partial charge in [0, 0.05) is 13.0 Å². The summed E-state index contributed by atoms with van der Waals surface area (Å²) in [5.74, 6) is 0.136. The summed E-state index contributed by atoms with van der Waals surface area (Å²) in [6.07, 6.45) is 0.430. The largest absolute Gasteiger partial charge is 0.376 e. The molecule has 0 bridgehead atoms. The topological polar surface area (TPSA) is 38.3 Å². The van der Waals surface area contributed by atoms with Gasteiger partial charge in [-0.3, -0.25) is 4.79 Å². The molecule has 0 aromatic rings. The van der Waals surface area contributed by atoms with E-state index in [9.17, 15) is 4.79 Å². The average molecular weight is 171 g/mol. The summed E-state index contributed by atoms with van der Waals surface area (Å²) >= 11 is 0. The number of nitrogens with one attached hydrogen (secondary N) is 1. The van der Waals surface area contributed by atoms with Gasteiger partial charge in [-0.25, -0.2) is 0 Å². The summed E-state index contributed by atoms with van der Waals surface area (Å²) in [6, 6.07) is 0. The normalized spacial score (nSPS) is 9.83. The second kappa shape index (κ2) is 7.00. The Morgan fingerprint density at radius 2 is 2.25 bits per heavy atom. The first-order valence-electron chi connectivity index (χ1n) is 4.05. The molecule has 0 fully saturated rings. The lowest BCUT2D eigenvalue weighted by atomic mass is 10.2. The lowest BCUT2D eigenvalue weighted by molar-refractivity contribution is -0.116. The molecule has 0 amide bonds. The van der Waals surface area contributed by atoms with Crippen LogP contribution in [0.15, 0.2) is 12.2 Å². The summed E-state index contributed by atoms with van der Waals surface area (Å²) in [5, 5.41) is 2.96. The van der Waals surface area contributed by atoms with E-state index in [4.69, 9.17) is 4.74 Å². The molecule has 12 heavy (non-hydrogen) atoms. The maximum atomic E-state index is 10.6. The van der Waals surface area contributed by atoms with Crippen molar-refractivity contribution in [1.82, 2.24) is 5.32 Å². The first-order valence-corrected chi connectivity index (χ1v) is 4.05. The highest BCUT2D eigenvalue weighted by Crippen LogP contribution is 1.98. The van der Waals surface area contributed by atoms with Gasteiger partial charge < -0.3 is 10.1 Å². The zero-order chi connectivity index (χ0) is 9.40. The molecule has 0 aliphatic carbocycles. The summed E-state index contributed by atoms with van der Waals surface area (Å²) < 4.78 is 5.22. The van der Waals surface area contributed by atoms with Crippen molar-refractivity contribution in [2.24, 2.45) is 0 Å². The Balaban J connectivity index is 3.26. The SMILES string of the molecule is C=C(COCCNC)CC(C)=O. The predicted molar refractivity (Wildman–Crippen MR) is 49.2 cm³/mol. The predicted octanol–water partition coefficient (Wildman–Crippen LogP) is 0.758. The Hall–Kier alpha value is -0.670. The molecule has 0 radical (unpaired) electrons. The molecule has 0 aromatic heterocycles. The Morgan fingerprint density at radius 1 is 1.58 bits per heavy atom. The Bertz CT molecular complexity index is 155. The quantitative estimate of drug-likeness (QED) is 0.454. The highest BCUT2D eigenvalue weighted by Gasteiger charge is 1.98. The molecular formula is C9H17NO2. The van der Waals surface area contributed by atoms with Gasteiger partial charge in [-0.15, -0.1) is 0 Å².